The van der Waals surface area contributed by atoms with Crippen molar-refractivity contribution in [2.75, 3.05) is 26.2 Å². The lowest BCUT2D eigenvalue weighted by molar-refractivity contribution is -0.251. The first-order valence-corrected chi connectivity index (χ1v) is 3.97. The monoisotopic (exact) mass is 216 g/mol. The van der Waals surface area contributed by atoms with Gasteiger partial charge in [0.05, 0.1) is 0 Å². The Morgan fingerprint density at radius 2 is 1.57 bits per heavy atom. The van der Waals surface area contributed by atoms with Gasteiger partial charge in [-0.3, -0.25) is 0 Å². The fraction of sp³-hybridized carbons (Fsp3) is 0.714. The third-order valence-electron chi connectivity index (χ3n) is 2.03. The first-order chi connectivity index (χ1) is 6.45. The molecule has 14 heavy (non-hydrogen) atoms. The molecule has 0 atom stereocenters. The Morgan fingerprint density at radius 1 is 1.07 bits per heavy atom. The number of alkyl halides is 3. The number of nitrogens with zero attached hydrogens (tertiary/aromatic N) is 2. The Morgan fingerprint density at radius 3 is 1.93 bits per heavy atom. The van der Waals surface area contributed by atoms with E-state index in [9.17, 15) is 22.0 Å². The van der Waals surface area contributed by atoms with Gasteiger partial charge in [0, 0.05) is 26.2 Å². The molecule has 0 aromatic heterocycles. The Kier molecular flexibility index (Phi) is 3.30. The molecule has 0 aromatic rings. The molecule has 1 saturated heterocycles. The van der Waals surface area contributed by atoms with Crippen LogP contribution in [0.25, 0.3) is 0 Å². The second-order valence-corrected chi connectivity index (χ2v) is 2.87. The Hall–Kier alpha value is -0.850. The molecule has 0 saturated carbocycles. The molecule has 1 rings (SSSR count). The summed E-state index contributed by atoms with van der Waals surface area (Å²) in [5.41, 5.74) is 0. The Balaban J connectivity index is 2.47. The Bertz CT molecular complexity index is 217. The van der Waals surface area contributed by atoms with E-state index in [0.29, 0.717) is 0 Å². The molecule has 0 N–H and O–H groups in total. The van der Waals surface area contributed by atoms with Gasteiger partial charge in [-0.1, -0.05) is 0 Å². The van der Waals surface area contributed by atoms with Gasteiger partial charge in [0.25, 0.3) is 0 Å². The summed E-state index contributed by atoms with van der Waals surface area (Å²) in [5.74, 6) is -1.12. The van der Waals surface area contributed by atoms with Crippen LogP contribution in [0.2, 0.25) is 0 Å². The molecule has 1 fully saturated rings. The highest BCUT2D eigenvalue weighted by Crippen LogP contribution is 2.23. The van der Waals surface area contributed by atoms with Gasteiger partial charge in [0.1, 0.15) is 6.33 Å². The standard InChI is InChI=1S/C7H9F5N2/c8-5-6(9)13-1-3-14(4-2-13)7(10,11)12/h5H,1-4H2. The lowest BCUT2D eigenvalue weighted by atomic mass is 10.3. The molecule has 0 amide bonds. The first-order valence-electron chi connectivity index (χ1n) is 3.97. The van der Waals surface area contributed by atoms with Crippen molar-refractivity contribution in [3.8, 4) is 0 Å². The summed E-state index contributed by atoms with van der Waals surface area (Å²) in [6.07, 6.45) is -4.63. The van der Waals surface area contributed by atoms with Crippen molar-refractivity contribution in [1.82, 2.24) is 9.80 Å². The first kappa shape index (κ1) is 11.2. The maximum atomic E-state index is 12.6. The molecule has 7 heteroatoms. The molecule has 0 aliphatic carbocycles. The second kappa shape index (κ2) is 4.12. The van der Waals surface area contributed by atoms with E-state index in [4.69, 9.17) is 0 Å². The lowest BCUT2D eigenvalue weighted by Crippen LogP contribution is -2.51. The molecule has 2 nitrogen and oxygen atoms in total. The number of piperazine rings is 1. The molecule has 0 spiro atoms. The van der Waals surface area contributed by atoms with E-state index in [1.54, 1.807) is 0 Å². The van der Waals surface area contributed by atoms with Crippen LogP contribution >= 0.6 is 0 Å². The van der Waals surface area contributed by atoms with Crippen LogP contribution in [0.5, 0.6) is 0 Å². The number of hydrogen-bond acceptors (Lipinski definition) is 2. The fourth-order valence-corrected chi connectivity index (χ4v) is 1.24. The van der Waals surface area contributed by atoms with Crippen molar-refractivity contribution in [2.45, 2.75) is 6.30 Å². The molecule has 0 radical (unpaired) electrons. The van der Waals surface area contributed by atoms with Crippen LogP contribution in [-0.4, -0.2) is 42.3 Å². The highest BCUT2D eigenvalue weighted by Gasteiger charge is 2.39. The second-order valence-electron chi connectivity index (χ2n) is 2.87. The van der Waals surface area contributed by atoms with Crippen LogP contribution in [0.3, 0.4) is 0 Å². The molecular weight excluding hydrogens is 207 g/mol. The van der Waals surface area contributed by atoms with Crippen LogP contribution in [0.15, 0.2) is 12.3 Å². The zero-order valence-electron chi connectivity index (χ0n) is 7.19. The van der Waals surface area contributed by atoms with Gasteiger partial charge in [0.15, 0.2) is 0 Å². The minimum atomic E-state index is -4.39. The smallest absolute Gasteiger partial charge is 0.344 e. The fourth-order valence-electron chi connectivity index (χ4n) is 1.24. The SMILES string of the molecule is FC=C(F)N1CCN(C(F)(F)F)CC1. The molecule has 1 aliphatic rings. The molecule has 0 aromatic carbocycles. The third kappa shape index (κ3) is 2.57. The van der Waals surface area contributed by atoms with Gasteiger partial charge in [0.2, 0.25) is 5.95 Å². The van der Waals surface area contributed by atoms with Crippen molar-refractivity contribution in [2.24, 2.45) is 0 Å². The van der Waals surface area contributed by atoms with Crippen molar-refractivity contribution < 1.29 is 22.0 Å². The number of halogens is 5. The summed E-state index contributed by atoms with van der Waals surface area (Å²) in [5, 5.41) is 0. The lowest BCUT2D eigenvalue weighted by Gasteiger charge is -2.35. The molecular formula is C7H9F5N2. The summed E-state index contributed by atoms with van der Waals surface area (Å²) in [7, 11) is 0. The average molecular weight is 216 g/mol. The summed E-state index contributed by atoms with van der Waals surface area (Å²) in [4.78, 5) is 1.21. The minimum absolute atomic E-state index is 0.161. The minimum Gasteiger partial charge on any atom is -0.344 e. The molecule has 0 unspecified atom stereocenters. The van der Waals surface area contributed by atoms with Crippen molar-refractivity contribution in [3.05, 3.63) is 12.3 Å². The number of rotatable bonds is 1. The normalized spacial score (nSPS) is 21.5. The molecule has 1 aliphatic heterocycles. The van der Waals surface area contributed by atoms with E-state index in [-0.39, 0.29) is 37.4 Å². The summed E-state index contributed by atoms with van der Waals surface area (Å²) in [6, 6.07) is 0. The topological polar surface area (TPSA) is 6.48 Å². The van der Waals surface area contributed by atoms with E-state index in [2.05, 4.69) is 0 Å². The van der Waals surface area contributed by atoms with E-state index in [1.807, 2.05) is 0 Å². The summed E-state index contributed by atoms with van der Waals surface area (Å²) < 4.78 is 60.5. The maximum absolute atomic E-state index is 12.6. The van der Waals surface area contributed by atoms with Gasteiger partial charge in [-0.2, -0.15) is 17.6 Å². The largest absolute Gasteiger partial charge is 0.460 e. The number of hydrogen-bond donors (Lipinski definition) is 0. The van der Waals surface area contributed by atoms with Gasteiger partial charge in [-0.15, -0.1) is 0 Å². The van der Waals surface area contributed by atoms with Crippen molar-refractivity contribution in [3.63, 3.8) is 0 Å². The zero-order chi connectivity index (χ0) is 10.8. The van der Waals surface area contributed by atoms with Gasteiger partial charge in [-0.05, 0) is 0 Å². The summed E-state index contributed by atoms with van der Waals surface area (Å²) >= 11 is 0. The van der Waals surface area contributed by atoms with Crippen LogP contribution in [0.4, 0.5) is 22.0 Å². The van der Waals surface area contributed by atoms with E-state index >= 15 is 0 Å². The summed E-state index contributed by atoms with van der Waals surface area (Å²) in [6.45, 7) is -1.01. The van der Waals surface area contributed by atoms with Gasteiger partial charge < -0.3 is 4.90 Å². The van der Waals surface area contributed by atoms with E-state index in [1.165, 1.54) is 0 Å². The highest BCUT2D eigenvalue weighted by atomic mass is 19.4. The van der Waals surface area contributed by atoms with Crippen LogP contribution < -0.4 is 0 Å². The maximum Gasteiger partial charge on any atom is 0.460 e. The van der Waals surface area contributed by atoms with E-state index < -0.39 is 12.3 Å². The predicted octanol–water partition coefficient (Wildman–Crippen LogP) is 1.86. The van der Waals surface area contributed by atoms with Crippen LogP contribution in [0, 0.1) is 0 Å². The molecule has 0 bridgehead atoms. The highest BCUT2D eigenvalue weighted by molar-refractivity contribution is 4.89. The van der Waals surface area contributed by atoms with Crippen LogP contribution in [0.1, 0.15) is 0 Å². The average Bonchev–Trinajstić information content (AvgIpc) is 2.15. The van der Waals surface area contributed by atoms with E-state index in [0.717, 1.165) is 4.90 Å². The van der Waals surface area contributed by atoms with Crippen LogP contribution in [-0.2, 0) is 0 Å². The third-order valence-corrected chi connectivity index (χ3v) is 2.03. The quantitative estimate of drug-likeness (QED) is 0.487. The Labute approximate surface area is 77.6 Å². The van der Waals surface area contributed by atoms with Gasteiger partial charge >= 0.3 is 6.30 Å². The van der Waals surface area contributed by atoms with Gasteiger partial charge in [-0.25, -0.2) is 9.29 Å². The molecule has 1 heterocycles. The molecule has 82 valence electrons. The van der Waals surface area contributed by atoms with Crippen molar-refractivity contribution >= 4 is 0 Å². The van der Waals surface area contributed by atoms with Crippen molar-refractivity contribution in [1.29, 1.82) is 0 Å². The predicted molar refractivity (Wildman–Crippen MR) is 39.5 cm³/mol. The zero-order valence-corrected chi connectivity index (χ0v) is 7.19.